The fraction of sp³-hybridized carbons (Fsp3) is 0.160. The highest BCUT2D eigenvalue weighted by Gasteiger charge is 2.32. The molecule has 150 valence electrons. The van der Waals surface area contributed by atoms with Crippen LogP contribution in [0.3, 0.4) is 0 Å². The standard InChI is InChI=1S/C25H21NO4/c27-22(30-17-7-10-18-8-2-1-3-9-18)15-6-16-26-24(28)20-13-4-11-19-12-5-14-21(23(19)20)25(26)29/h1-5,7-14H,6,15-17H2/b10-7-. The van der Waals surface area contributed by atoms with Gasteiger partial charge in [0.25, 0.3) is 11.8 Å². The first-order valence-electron chi connectivity index (χ1n) is 9.90. The van der Waals surface area contributed by atoms with Crippen LogP contribution in [0, 0.1) is 0 Å². The third kappa shape index (κ3) is 4.01. The zero-order valence-corrected chi connectivity index (χ0v) is 16.4. The lowest BCUT2D eigenvalue weighted by Crippen LogP contribution is -2.41. The normalized spacial score (nSPS) is 13.3. The van der Waals surface area contributed by atoms with Crippen LogP contribution in [0.4, 0.5) is 0 Å². The van der Waals surface area contributed by atoms with E-state index in [1.54, 1.807) is 18.2 Å². The molecule has 0 saturated heterocycles. The van der Waals surface area contributed by atoms with Gasteiger partial charge in [-0.1, -0.05) is 60.7 Å². The van der Waals surface area contributed by atoms with Crippen LogP contribution in [-0.4, -0.2) is 35.8 Å². The molecular formula is C25H21NO4. The first-order valence-corrected chi connectivity index (χ1v) is 9.90. The van der Waals surface area contributed by atoms with E-state index in [4.69, 9.17) is 4.74 Å². The maximum Gasteiger partial charge on any atom is 0.306 e. The average molecular weight is 399 g/mol. The molecule has 1 heterocycles. The van der Waals surface area contributed by atoms with E-state index in [9.17, 15) is 14.4 Å². The lowest BCUT2D eigenvalue weighted by atomic mass is 9.94. The summed E-state index contributed by atoms with van der Waals surface area (Å²) in [6.45, 7) is 0.363. The summed E-state index contributed by atoms with van der Waals surface area (Å²) in [5.74, 6) is -0.987. The second kappa shape index (κ2) is 8.74. The predicted octanol–water partition coefficient (Wildman–Crippen LogP) is 4.47. The first kappa shape index (κ1) is 19.6. The third-order valence-electron chi connectivity index (χ3n) is 5.07. The van der Waals surface area contributed by atoms with Crippen molar-refractivity contribution in [2.75, 3.05) is 13.2 Å². The summed E-state index contributed by atoms with van der Waals surface area (Å²) in [6, 6.07) is 20.6. The van der Waals surface area contributed by atoms with Gasteiger partial charge in [-0.05, 0) is 35.6 Å². The number of imide groups is 1. The SMILES string of the molecule is O=C(CCCN1C(=O)c2cccc3cccc(c23)C1=O)OC/C=C\c1ccccc1. The molecule has 0 unspecified atom stereocenters. The summed E-state index contributed by atoms with van der Waals surface area (Å²) in [6.07, 6.45) is 4.16. The Hall–Kier alpha value is -3.73. The van der Waals surface area contributed by atoms with Crippen LogP contribution in [-0.2, 0) is 9.53 Å². The molecule has 0 spiro atoms. The van der Waals surface area contributed by atoms with E-state index in [-0.39, 0.29) is 37.4 Å². The molecule has 3 aromatic carbocycles. The van der Waals surface area contributed by atoms with Gasteiger partial charge in [0.1, 0.15) is 6.61 Å². The molecule has 0 aliphatic carbocycles. The van der Waals surface area contributed by atoms with Crippen molar-refractivity contribution in [3.8, 4) is 0 Å². The zero-order chi connectivity index (χ0) is 20.9. The smallest absolute Gasteiger partial charge is 0.306 e. The van der Waals surface area contributed by atoms with Gasteiger partial charge in [0, 0.05) is 29.5 Å². The molecule has 3 aromatic rings. The van der Waals surface area contributed by atoms with Crippen LogP contribution in [0.1, 0.15) is 39.1 Å². The van der Waals surface area contributed by atoms with Crippen molar-refractivity contribution in [3.05, 3.63) is 89.5 Å². The predicted molar refractivity (Wildman–Crippen MR) is 115 cm³/mol. The number of rotatable bonds is 7. The summed E-state index contributed by atoms with van der Waals surface area (Å²) >= 11 is 0. The Balaban J connectivity index is 1.31. The number of hydrogen-bond donors (Lipinski definition) is 0. The lowest BCUT2D eigenvalue weighted by Gasteiger charge is -2.27. The quantitative estimate of drug-likeness (QED) is 0.434. The molecule has 0 bridgehead atoms. The topological polar surface area (TPSA) is 63.7 Å². The van der Waals surface area contributed by atoms with Crippen LogP contribution >= 0.6 is 0 Å². The monoisotopic (exact) mass is 399 g/mol. The van der Waals surface area contributed by atoms with Crippen molar-refractivity contribution in [2.45, 2.75) is 12.8 Å². The maximum absolute atomic E-state index is 12.8. The van der Waals surface area contributed by atoms with Crippen LogP contribution < -0.4 is 0 Å². The second-order valence-corrected chi connectivity index (χ2v) is 7.07. The first-order chi connectivity index (χ1) is 14.6. The van der Waals surface area contributed by atoms with Gasteiger partial charge in [-0.3, -0.25) is 19.3 Å². The summed E-state index contributed by atoms with van der Waals surface area (Å²) < 4.78 is 5.20. The Morgan fingerprint density at radius 1 is 0.867 bits per heavy atom. The Labute approximate surface area is 174 Å². The minimum atomic E-state index is -0.355. The summed E-state index contributed by atoms with van der Waals surface area (Å²) in [4.78, 5) is 38.8. The van der Waals surface area contributed by atoms with E-state index < -0.39 is 0 Å². The molecule has 4 rings (SSSR count). The van der Waals surface area contributed by atoms with E-state index in [1.165, 1.54) is 4.90 Å². The van der Waals surface area contributed by atoms with Crippen LogP contribution in [0.2, 0.25) is 0 Å². The second-order valence-electron chi connectivity index (χ2n) is 7.07. The van der Waals surface area contributed by atoms with Gasteiger partial charge in [-0.2, -0.15) is 0 Å². The number of esters is 1. The number of hydrogen-bond acceptors (Lipinski definition) is 4. The molecule has 30 heavy (non-hydrogen) atoms. The molecular weight excluding hydrogens is 378 g/mol. The number of carbonyl (C=O) groups excluding carboxylic acids is 3. The minimum Gasteiger partial charge on any atom is -0.461 e. The molecule has 5 nitrogen and oxygen atoms in total. The van der Waals surface area contributed by atoms with Crippen molar-refractivity contribution in [1.82, 2.24) is 4.90 Å². The summed E-state index contributed by atoms with van der Waals surface area (Å²) in [5, 5.41) is 1.58. The van der Waals surface area contributed by atoms with Gasteiger partial charge in [0.15, 0.2) is 0 Å². The van der Waals surface area contributed by atoms with E-state index >= 15 is 0 Å². The molecule has 2 amide bonds. The Kier molecular flexibility index (Phi) is 5.70. The minimum absolute atomic E-state index is 0.141. The van der Waals surface area contributed by atoms with Crippen LogP contribution in [0.25, 0.3) is 16.8 Å². The third-order valence-corrected chi connectivity index (χ3v) is 5.07. The largest absolute Gasteiger partial charge is 0.461 e. The molecule has 5 heteroatoms. The maximum atomic E-state index is 12.8. The molecule has 0 saturated carbocycles. The van der Waals surface area contributed by atoms with Gasteiger partial charge in [0.2, 0.25) is 0 Å². The highest BCUT2D eigenvalue weighted by Crippen LogP contribution is 2.30. The molecule has 0 fully saturated rings. The highest BCUT2D eigenvalue weighted by atomic mass is 16.5. The Morgan fingerprint density at radius 3 is 2.20 bits per heavy atom. The van der Waals surface area contributed by atoms with Gasteiger partial charge < -0.3 is 4.74 Å². The molecule has 0 aromatic heterocycles. The molecule has 0 radical (unpaired) electrons. The van der Waals surface area contributed by atoms with Gasteiger partial charge in [0.05, 0.1) is 0 Å². The van der Waals surface area contributed by atoms with Crippen molar-refractivity contribution >= 4 is 34.6 Å². The van der Waals surface area contributed by atoms with Gasteiger partial charge in [-0.15, -0.1) is 0 Å². The number of ether oxygens (including phenoxy) is 1. The fourth-order valence-corrected chi connectivity index (χ4v) is 3.63. The van der Waals surface area contributed by atoms with E-state index in [0.29, 0.717) is 22.9 Å². The van der Waals surface area contributed by atoms with Crippen molar-refractivity contribution in [2.24, 2.45) is 0 Å². The van der Waals surface area contributed by atoms with E-state index in [2.05, 4.69) is 0 Å². The van der Waals surface area contributed by atoms with Crippen LogP contribution in [0.5, 0.6) is 0 Å². The summed E-state index contributed by atoms with van der Waals surface area (Å²) in [7, 11) is 0. The zero-order valence-electron chi connectivity index (χ0n) is 16.4. The average Bonchev–Trinajstić information content (AvgIpc) is 2.78. The van der Waals surface area contributed by atoms with Crippen molar-refractivity contribution in [1.29, 1.82) is 0 Å². The lowest BCUT2D eigenvalue weighted by molar-refractivity contribution is -0.142. The van der Waals surface area contributed by atoms with Crippen molar-refractivity contribution < 1.29 is 19.1 Å². The highest BCUT2D eigenvalue weighted by molar-refractivity contribution is 6.25. The molecule has 1 aliphatic rings. The fourth-order valence-electron chi connectivity index (χ4n) is 3.63. The Bertz CT molecular complexity index is 1080. The van der Waals surface area contributed by atoms with E-state index in [1.807, 2.05) is 60.7 Å². The number of carbonyl (C=O) groups is 3. The Morgan fingerprint density at radius 2 is 1.53 bits per heavy atom. The van der Waals surface area contributed by atoms with Crippen molar-refractivity contribution in [3.63, 3.8) is 0 Å². The number of amides is 2. The number of benzene rings is 3. The molecule has 0 N–H and O–H groups in total. The summed E-state index contributed by atoms with van der Waals surface area (Å²) in [5.41, 5.74) is 2.08. The van der Waals surface area contributed by atoms with Gasteiger partial charge >= 0.3 is 5.97 Å². The molecule has 0 atom stereocenters. The van der Waals surface area contributed by atoms with Crippen LogP contribution in [0.15, 0.2) is 72.8 Å². The molecule has 1 aliphatic heterocycles. The van der Waals surface area contributed by atoms with E-state index in [0.717, 1.165) is 10.9 Å². The van der Waals surface area contributed by atoms with Gasteiger partial charge in [-0.25, -0.2) is 0 Å². The number of nitrogens with zero attached hydrogens (tertiary/aromatic N) is 1.